The van der Waals surface area contributed by atoms with Gasteiger partial charge >= 0.3 is 11.9 Å². The van der Waals surface area contributed by atoms with E-state index in [2.05, 4.69) is 13.8 Å². The Labute approximate surface area is 242 Å². The topological polar surface area (TPSA) is 121 Å². The van der Waals surface area contributed by atoms with Gasteiger partial charge in [0.15, 0.2) is 5.78 Å². The minimum atomic E-state index is -1.04. The Hall–Kier alpha value is -2.25. The van der Waals surface area contributed by atoms with Crippen LogP contribution in [0.5, 0.6) is 0 Å². The average Bonchev–Trinajstić information content (AvgIpc) is 2.90. The van der Waals surface area contributed by atoms with Crippen molar-refractivity contribution in [2.45, 2.75) is 131 Å². The smallest absolute Gasteiger partial charge is 0.333 e. The first-order chi connectivity index (χ1) is 18.8. The van der Waals surface area contributed by atoms with Crippen LogP contribution >= 0.6 is 0 Å². The standard InChI is InChI=1S/C33H56O7/c1-8-9-10-11-12-13-14-15-16-24(3)31(37)25(4)19-23(2)20-26(5)32(38)27(6)21-28(7)33(39)40-29(22-34)17-18-30(35)36/h19-21,24-25,27,29,31,34,37H,8-18,22H2,1-7H3,(H,35,36)/b23-19+,26-20+,28-21+/t24-,25-,27+,29-,31+/m0/s1. The number of esters is 1. The van der Waals surface area contributed by atoms with Crippen molar-refractivity contribution < 1.29 is 34.4 Å². The molecule has 0 bridgehead atoms. The summed E-state index contributed by atoms with van der Waals surface area (Å²) >= 11 is 0. The Morgan fingerprint density at radius 3 is 1.95 bits per heavy atom. The molecule has 0 rings (SSSR count). The maximum atomic E-state index is 12.9. The van der Waals surface area contributed by atoms with Gasteiger partial charge in [0.1, 0.15) is 6.10 Å². The number of hydrogen-bond acceptors (Lipinski definition) is 6. The Bertz CT molecular complexity index is 855. The molecule has 0 saturated carbocycles. The van der Waals surface area contributed by atoms with Crippen molar-refractivity contribution in [1.82, 2.24) is 0 Å². The largest absolute Gasteiger partial charge is 0.481 e. The minimum absolute atomic E-state index is 0.0118. The van der Waals surface area contributed by atoms with E-state index in [4.69, 9.17) is 9.84 Å². The molecule has 0 fully saturated rings. The number of carbonyl (C=O) groups excluding carboxylic acids is 2. The lowest BCUT2D eigenvalue weighted by molar-refractivity contribution is -0.148. The van der Waals surface area contributed by atoms with E-state index >= 15 is 0 Å². The SMILES string of the molecule is CCCCCCCCCC[C@H](C)[C@@H](O)[C@@H](C)/C=C(C)/C=C(\C)C(=O)[C@H](C)/C=C(\C)C(=O)O[C@H](CO)CCC(=O)O. The quantitative estimate of drug-likeness (QED) is 0.0562. The van der Waals surface area contributed by atoms with E-state index in [9.17, 15) is 24.6 Å². The van der Waals surface area contributed by atoms with Crippen LogP contribution in [0.2, 0.25) is 0 Å². The van der Waals surface area contributed by atoms with E-state index in [0.29, 0.717) is 5.57 Å². The van der Waals surface area contributed by atoms with Crippen molar-refractivity contribution in [3.63, 3.8) is 0 Å². The lowest BCUT2D eigenvalue weighted by Gasteiger charge is -2.23. The van der Waals surface area contributed by atoms with Gasteiger partial charge in [-0.15, -0.1) is 0 Å². The Balaban J connectivity index is 4.88. The lowest BCUT2D eigenvalue weighted by Crippen LogP contribution is -2.24. The lowest BCUT2D eigenvalue weighted by atomic mass is 9.88. The van der Waals surface area contributed by atoms with Gasteiger partial charge in [-0.2, -0.15) is 0 Å². The zero-order chi connectivity index (χ0) is 30.7. The maximum Gasteiger partial charge on any atom is 0.333 e. The fourth-order valence-electron chi connectivity index (χ4n) is 4.86. The first-order valence-corrected chi connectivity index (χ1v) is 15.1. The predicted molar refractivity (Wildman–Crippen MR) is 161 cm³/mol. The maximum absolute atomic E-state index is 12.9. The molecule has 0 aliphatic rings. The fraction of sp³-hybridized carbons (Fsp3) is 0.727. The number of allylic oxidation sites excluding steroid dienone is 4. The molecule has 0 spiro atoms. The van der Waals surface area contributed by atoms with Crippen molar-refractivity contribution in [2.24, 2.45) is 17.8 Å². The molecule has 0 amide bonds. The number of ketones is 1. The second-order valence-corrected chi connectivity index (χ2v) is 11.5. The average molecular weight is 565 g/mol. The molecule has 0 unspecified atom stereocenters. The zero-order valence-electron chi connectivity index (χ0n) is 26.1. The third kappa shape index (κ3) is 16.8. The number of aliphatic hydroxyl groups is 2. The molecule has 230 valence electrons. The van der Waals surface area contributed by atoms with E-state index in [-0.39, 0.29) is 36.0 Å². The molecule has 0 aromatic carbocycles. The number of aliphatic hydroxyl groups excluding tert-OH is 2. The van der Waals surface area contributed by atoms with Crippen LogP contribution in [0.3, 0.4) is 0 Å². The van der Waals surface area contributed by atoms with Gasteiger partial charge in [0.05, 0.1) is 12.7 Å². The summed E-state index contributed by atoms with van der Waals surface area (Å²) in [6.07, 6.45) is 14.9. The van der Waals surface area contributed by atoms with Gasteiger partial charge in [-0.3, -0.25) is 9.59 Å². The molecule has 5 atom stereocenters. The Kier molecular flexibility index (Phi) is 20.3. The summed E-state index contributed by atoms with van der Waals surface area (Å²) in [7, 11) is 0. The summed E-state index contributed by atoms with van der Waals surface area (Å²) in [5.74, 6) is -2.28. The normalized spacial score (nSPS) is 16.7. The van der Waals surface area contributed by atoms with Gasteiger partial charge in [-0.05, 0) is 45.1 Å². The highest BCUT2D eigenvalue weighted by Gasteiger charge is 2.21. The highest BCUT2D eigenvalue weighted by Crippen LogP contribution is 2.23. The van der Waals surface area contributed by atoms with E-state index in [1.165, 1.54) is 57.9 Å². The molecular weight excluding hydrogens is 508 g/mol. The second kappa shape index (κ2) is 21.5. The van der Waals surface area contributed by atoms with Gasteiger partial charge < -0.3 is 20.1 Å². The number of hydrogen-bond donors (Lipinski definition) is 3. The number of carbonyl (C=O) groups is 3. The third-order valence-corrected chi connectivity index (χ3v) is 7.39. The number of Topliss-reactive ketones (excluding diaryl/α,β-unsaturated/α-hetero) is 1. The summed E-state index contributed by atoms with van der Waals surface area (Å²) in [5.41, 5.74) is 1.66. The van der Waals surface area contributed by atoms with E-state index in [1.54, 1.807) is 19.9 Å². The molecule has 40 heavy (non-hydrogen) atoms. The van der Waals surface area contributed by atoms with Gasteiger partial charge in [-0.1, -0.05) is 103 Å². The van der Waals surface area contributed by atoms with Gasteiger partial charge in [0.25, 0.3) is 0 Å². The molecule has 0 aliphatic heterocycles. The van der Waals surface area contributed by atoms with Crippen molar-refractivity contribution >= 4 is 17.7 Å². The van der Waals surface area contributed by atoms with Crippen molar-refractivity contribution in [3.05, 3.63) is 34.9 Å². The Morgan fingerprint density at radius 2 is 1.40 bits per heavy atom. The van der Waals surface area contributed by atoms with Crippen molar-refractivity contribution in [1.29, 1.82) is 0 Å². The predicted octanol–water partition coefficient (Wildman–Crippen LogP) is 6.96. The van der Waals surface area contributed by atoms with Gasteiger partial charge in [0, 0.05) is 23.8 Å². The molecule has 0 aliphatic carbocycles. The van der Waals surface area contributed by atoms with Gasteiger partial charge in [0.2, 0.25) is 0 Å². The minimum Gasteiger partial charge on any atom is -0.481 e. The number of ether oxygens (including phenoxy) is 1. The first-order valence-electron chi connectivity index (χ1n) is 15.1. The molecule has 7 nitrogen and oxygen atoms in total. The summed E-state index contributed by atoms with van der Waals surface area (Å²) < 4.78 is 5.18. The summed E-state index contributed by atoms with van der Waals surface area (Å²) in [6, 6.07) is 0. The molecule has 0 aromatic heterocycles. The van der Waals surface area contributed by atoms with Crippen LogP contribution in [0.15, 0.2) is 34.9 Å². The molecule has 0 heterocycles. The number of aliphatic carboxylic acids is 1. The number of unbranched alkanes of at least 4 members (excludes halogenated alkanes) is 7. The summed E-state index contributed by atoms with van der Waals surface area (Å²) in [5, 5.41) is 28.9. The van der Waals surface area contributed by atoms with Gasteiger partial charge in [-0.25, -0.2) is 4.79 Å². The van der Waals surface area contributed by atoms with Crippen LogP contribution in [0, 0.1) is 17.8 Å². The van der Waals surface area contributed by atoms with E-state index < -0.39 is 36.7 Å². The summed E-state index contributed by atoms with van der Waals surface area (Å²) in [4.78, 5) is 36.0. The molecule has 0 radical (unpaired) electrons. The number of carboxylic acid groups (broad SMARTS) is 1. The van der Waals surface area contributed by atoms with Crippen LogP contribution in [0.1, 0.15) is 119 Å². The molecule has 0 aromatic rings. The van der Waals surface area contributed by atoms with Crippen LogP contribution in [-0.4, -0.2) is 51.9 Å². The number of carboxylic acids is 1. The highest BCUT2D eigenvalue weighted by molar-refractivity contribution is 5.99. The Morgan fingerprint density at radius 1 is 0.825 bits per heavy atom. The molecule has 0 saturated heterocycles. The first kappa shape index (κ1) is 37.8. The molecular formula is C33H56O7. The number of rotatable bonds is 22. The molecule has 7 heteroatoms. The van der Waals surface area contributed by atoms with Crippen LogP contribution in [0.25, 0.3) is 0 Å². The second-order valence-electron chi connectivity index (χ2n) is 11.5. The summed E-state index contributed by atoms with van der Waals surface area (Å²) in [6.45, 7) is 12.7. The van der Waals surface area contributed by atoms with Crippen LogP contribution in [-0.2, 0) is 19.1 Å². The monoisotopic (exact) mass is 564 g/mol. The fourth-order valence-corrected chi connectivity index (χ4v) is 4.86. The molecule has 3 N–H and O–H groups in total. The van der Waals surface area contributed by atoms with Crippen LogP contribution in [0.4, 0.5) is 0 Å². The third-order valence-electron chi connectivity index (χ3n) is 7.39. The van der Waals surface area contributed by atoms with E-state index in [0.717, 1.165) is 18.4 Å². The van der Waals surface area contributed by atoms with Crippen molar-refractivity contribution in [2.75, 3.05) is 6.61 Å². The van der Waals surface area contributed by atoms with Crippen LogP contribution < -0.4 is 0 Å². The zero-order valence-corrected chi connectivity index (χ0v) is 26.1. The highest BCUT2D eigenvalue weighted by atomic mass is 16.6. The van der Waals surface area contributed by atoms with Crippen molar-refractivity contribution in [3.8, 4) is 0 Å². The van der Waals surface area contributed by atoms with E-state index in [1.807, 2.05) is 19.9 Å².